The van der Waals surface area contributed by atoms with Gasteiger partial charge in [-0.3, -0.25) is 14.3 Å². The summed E-state index contributed by atoms with van der Waals surface area (Å²) in [6.45, 7) is 0.617. The molecule has 12 nitrogen and oxygen atoms in total. The summed E-state index contributed by atoms with van der Waals surface area (Å²) in [6, 6.07) is 6.73. The van der Waals surface area contributed by atoms with E-state index in [-0.39, 0.29) is 23.5 Å². The largest absolute Gasteiger partial charge is 0.494 e. The van der Waals surface area contributed by atoms with Gasteiger partial charge in [0.05, 0.1) is 30.1 Å². The summed E-state index contributed by atoms with van der Waals surface area (Å²) >= 11 is 0. The van der Waals surface area contributed by atoms with Gasteiger partial charge in [-0.05, 0) is 12.1 Å². The van der Waals surface area contributed by atoms with E-state index in [2.05, 4.69) is 41.5 Å². The fourth-order valence-electron chi connectivity index (χ4n) is 2.93. The smallest absolute Gasteiger partial charge is 0.273 e. The summed E-state index contributed by atoms with van der Waals surface area (Å²) in [7, 11) is 4.80. The number of nitrogens with one attached hydrogen (secondary N) is 4. The minimum Gasteiger partial charge on any atom is -0.494 e. The fraction of sp³-hybridized carbons (Fsp3) is 0.263. The van der Waals surface area contributed by atoms with Gasteiger partial charge in [-0.2, -0.15) is 5.10 Å². The Labute approximate surface area is 177 Å². The number of anilines is 3. The van der Waals surface area contributed by atoms with Gasteiger partial charge in [0.2, 0.25) is 5.91 Å². The third-order valence-electron chi connectivity index (χ3n) is 4.54. The molecule has 2 aromatic heterocycles. The standard InChI is InChI=1S/C19H21N9O3/c1-20-19(30)15-12(7-14(25-26-15)24-18(29)13-8-21-13)23-11-6-4-5-10(16(11)31-3)17-22-9-28(2)27-17/h4-7,9,13,21H,8H2,1-3H3,(H,20,30)(H2,23,24,25,29). The molecule has 1 unspecified atom stereocenters. The summed E-state index contributed by atoms with van der Waals surface area (Å²) in [4.78, 5) is 28.6. The maximum absolute atomic E-state index is 12.3. The number of amides is 2. The number of rotatable bonds is 7. The molecule has 3 heterocycles. The molecule has 0 spiro atoms. The number of carbonyl (C=O) groups excluding carboxylic acids is 2. The van der Waals surface area contributed by atoms with Gasteiger partial charge in [-0.25, -0.2) is 4.98 Å². The summed E-state index contributed by atoms with van der Waals surface area (Å²) < 4.78 is 7.20. The summed E-state index contributed by atoms with van der Waals surface area (Å²) in [6.07, 6.45) is 1.59. The molecule has 4 N–H and O–H groups in total. The molecule has 1 aliphatic heterocycles. The summed E-state index contributed by atoms with van der Waals surface area (Å²) in [5.74, 6) is 0.552. The third kappa shape index (κ3) is 4.28. The molecule has 31 heavy (non-hydrogen) atoms. The van der Waals surface area contributed by atoms with E-state index in [0.717, 1.165) is 0 Å². The average molecular weight is 423 g/mol. The van der Waals surface area contributed by atoms with Crippen molar-refractivity contribution >= 4 is 29.0 Å². The van der Waals surface area contributed by atoms with Crippen molar-refractivity contribution in [1.82, 2.24) is 35.6 Å². The van der Waals surface area contributed by atoms with Crippen LogP contribution in [0.4, 0.5) is 17.2 Å². The molecule has 3 aromatic rings. The molecule has 0 aliphatic carbocycles. The second-order valence-electron chi connectivity index (χ2n) is 6.77. The van der Waals surface area contributed by atoms with Crippen molar-refractivity contribution in [3.05, 3.63) is 36.3 Å². The second kappa shape index (κ2) is 8.36. The molecular formula is C19H21N9O3. The van der Waals surface area contributed by atoms with E-state index in [1.54, 1.807) is 30.2 Å². The van der Waals surface area contributed by atoms with E-state index in [9.17, 15) is 9.59 Å². The van der Waals surface area contributed by atoms with Gasteiger partial charge >= 0.3 is 0 Å². The normalized spacial score (nSPS) is 14.6. The highest BCUT2D eigenvalue weighted by Gasteiger charge is 2.29. The summed E-state index contributed by atoms with van der Waals surface area (Å²) in [5.41, 5.74) is 1.64. The van der Waals surface area contributed by atoms with Crippen LogP contribution < -0.4 is 26.0 Å². The minimum atomic E-state index is -0.432. The second-order valence-corrected chi connectivity index (χ2v) is 6.77. The number of ether oxygens (including phenoxy) is 1. The Hall–Kier alpha value is -4.06. The van der Waals surface area contributed by atoms with E-state index >= 15 is 0 Å². The van der Waals surface area contributed by atoms with E-state index in [1.165, 1.54) is 14.2 Å². The number of hydrogen-bond donors (Lipinski definition) is 4. The van der Waals surface area contributed by atoms with Gasteiger partial charge in [0.1, 0.15) is 6.33 Å². The molecule has 160 valence electrons. The Morgan fingerprint density at radius 2 is 2.06 bits per heavy atom. The quantitative estimate of drug-likeness (QED) is 0.392. The van der Waals surface area contributed by atoms with E-state index in [0.29, 0.717) is 35.1 Å². The van der Waals surface area contributed by atoms with Crippen LogP contribution in [0.5, 0.6) is 5.75 Å². The van der Waals surface area contributed by atoms with Gasteiger partial charge < -0.3 is 26.0 Å². The van der Waals surface area contributed by atoms with Crippen LogP contribution in [-0.4, -0.2) is 63.5 Å². The molecule has 1 atom stereocenters. The first-order valence-corrected chi connectivity index (χ1v) is 9.44. The number of carbonyl (C=O) groups is 2. The minimum absolute atomic E-state index is 0.0634. The zero-order chi connectivity index (χ0) is 22.0. The molecule has 0 radical (unpaired) electrons. The Bertz CT molecular complexity index is 1140. The molecule has 2 amide bonds. The highest BCUT2D eigenvalue weighted by Crippen LogP contribution is 2.37. The molecule has 1 aliphatic rings. The number of aromatic nitrogens is 5. The molecule has 0 bridgehead atoms. The lowest BCUT2D eigenvalue weighted by molar-refractivity contribution is -0.115. The van der Waals surface area contributed by atoms with Crippen LogP contribution in [0, 0.1) is 0 Å². The predicted molar refractivity (Wildman–Crippen MR) is 112 cm³/mol. The zero-order valence-corrected chi connectivity index (χ0v) is 17.1. The van der Waals surface area contributed by atoms with Crippen LogP contribution in [0.3, 0.4) is 0 Å². The lowest BCUT2D eigenvalue weighted by Gasteiger charge is -2.16. The number of para-hydroxylation sites is 1. The van der Waals surface area contributed by atoms with Crippen molar-refractivity contribution in [2.24, 2.45) is 7.05 Å². The Morgan fingerprint density at radius 1 is 1.26 bits per heavy atom. The first-order chi connectivity index (χ1) is 15.0. The third-order valence-corrected chi connectivity index (χ3v) is 4.54. The van der Waals surface area contributed by atoms with Crippen molar-refractivity contribution in [2.75, 3.05) is 31.3 Å². The number of methoxy groups -OCH3 is 1. The first-order valence-electron chi connectivity index (χ1n) is 9.44. The van der Waals surface area contributed by atoms with Crippen molar-refractivity contribution in [2.45, 2.75) is 6.04 Å². The molecule has 4 rings (SSSR count). The molecule has 1 fully saturated rings. The van der Waals surface area contributed by atoms with Gasteiger partial charge in [0.25, 0.3) is 5.91 Å². The first kappa shape index (κ1) is 20.2. The highest BCUT2D eigenvalue weighted by atomic mass is 16.5. The number of aryl methyl sites for hydroxylation is 1. The van der Waals surface area contributed by atoms with Crippen LogP contribution in [0.25, 0.3) is 11.4 Å². The van der Waals surface area contributed by atoms with Gasteiger partial charge in [-0.1, -0.05) is 6.07 Å². The van der Waals surface area contributed by atoms with Crippen LogP contribution in [0.1, 0.15) is 10.5 Å². The van der Waals surface area contributed by atoms with Crippen molar-refractivity contribution in [3.63, 3.8) is 0 Å². The van der Waals surface area contributed by atoms with Crippen LogP contribution in [-0.2, 0) is 11.8 Å². The zero-order valence-electron chi connectivity index (χ0n) is 17.1. The highest BCUT2D eigenvalue weighted by molar-refractivity contribution is 6.00. The van der Waals surface area contributed by atoms with Crippen molar-refractivity contribution < 1.29 is 14.3 Å². The SMILES string of the molecule is CNC(=O)c1nnc(NC(=O)C2CN2)cc1Nc1cccc(-c2ncn(C)n2)c1OC. The summed E-state index contributed by atoms with van der Waals surface area (Å²) in [5, 5.41) is 23.6. The molecule has 1 saturated heterocycles. The molecule has 0 saturated carbocycles. The lowest BCUT2D eigenvalue weighted by atomic mass is 10.1. The van der Waals surface area contributed by atoms with Crippen LogP contribution in [0.15, 0.2) is 30.6 Å². The van der Waals surface area contributed by atoms with E-state index < -0.39 is 5.91 Å². The topological polar surface area (TPSA) is 158 Å². The monoisotopic (exact) mass is 423 g/mol. The maximum Gasteiger partial charge on any atom is 0.273 e. The predicted octanol–water partition coefficient (Wildman–Crippen LogP) is 0.294. The van der Waals surface area contributed by atoms with Crippen LogP contribution in [0.2, 0.25) is 0 Å². The van der Waals surface area contributed by atoms with E-state index in [1.807, 2.05) is 12.1 Å². The fourth-order valence-corrected chi connectivity index (χ4v) is 2.93. The number of nitrogens with zero attached hydrogens (tertiary/aromatic N) is 5. The molecular weight excluding hydrogens is 402 g/mol. The van der Waals surface area contributed by atoms with Crippen molar-refractivity contribution in [3.8, 4) is 17.1 Å². The van der Waals surface area contributed by atoms with Crippen LogP contribution >= 0.6 is 0 Å². The number of hydrogen-bond acceptors (Lipinski definition) is 9. The van der Waals surface area contributed by atoms with Gasteiger partial charge in [0.15, 0.2) is 23.1 Å². The maximum atomic E-state index is 12.3. The Balaban J connectivity index is 1.71. The Morgan fingerprint density at radius 3 is 2.71 bits per heavy atom. The molecule has 1 aromatic carbocycles. The van der Waals surface area contributed by atoms with Gasteiger partial charge in [0, 0.05) is 26.7 Å². The van der Waals surface area contributed by atoms with Crippen molar-refractivity contribution in [1.29, 1.82) is 0 Å². The molecule has 12 heteroatoms. The lowest BCUT2D eigenvalue weighted by Crippen LogP contribution is -2.24. The van der Waals surface area contributed by atoms with E-state index in [4.69, 9.17) is 4.74 Å². The number of benzene rings is 1. The average Bonchev–Trinajstić information content (AvgIpc) is 3.54. The Kier molecular flexibility index (Phi) is 5.45. The van der Waals surface area contributed by atoms with Gasteiger partial charge in [-0.15, -0.1) is 10.2 Å².